The van der Waals surface area contributed by atoms with Gasteiger partial charge in [0.25, 0.3) is 0 Å². The van der Waals surface area contributed by atoms with Crippen molar-refractivity contribution < 1.29 is 4.39 Å². The maximum Gasteiger partial charge on any atom is 0.187 e. The van der Waals surface area contributed by atoms with Crippen LogP contribution < -0.4 is 5.73 Å². The molecule has 3 rings (SSSR count). The average Bonchev–Trinajstić information content (AvgIpc) is 2.90. The quantitative estimate of drug-likeness (QED) is 0.703. The average molecular weight is 369 g/mol. The van der Waals surface area contributed by atoms with Crippen LogP contribution in [-0.4, -0.2) is 20.2 Å². The third-order valence-electron chi connectivity index (χ3n) is 2.80. The number of halogens is 3. The minimum atomic E-state index is -0.538. The number of tetrazole rings is 1. The van der Waals surface area contributed by atoms with E-state index in [2.05, 4.69) is 31.5 Å². The number of nitrogen functional groups attached to an aromatic ring is 1. The molecule has 0 amide bonds. The SMILES string of the molecule is Nc1cc(Br)cc(-c2nnnn2-c2ccc(Cl)c(F)c2)c1. The van der Waals surface area contributed by atoms with Gasteiger partial charge >= 0.3 is 0 Å². The summed E-state index contributed by atoms with van der Waals surface area (Å²) in [5.74, 6) is -0.0888. The zero-order valence-electron chi connectivity index (χ0n) is 10.5. The number of nitrogens with two attached hydrogens (primary N) is 1. The first-order valence-electron chi connectivity index (χ1n) is 5.85. The van der Waals surface area contributed by atoms with Gasteiger partial charge in [-0.2, -0.15) is 4.68 Å². The van der Waals surface area contributed by atoms with Gasteiger partial charge in [0.15, 0.2) is 5.82 Å². The molecule has 5 nitrogen and oxygen atoms in total. The minimum Gasteiger partial charge on any atom is -0.399 e. The highest BCUT2D eigenvalue weighted by Gasteiger charge is 2.13. The highest BCUT2D eigenvalue weighted by molar-refractivity contribution is 9.10. The summed E-state index contributed by atoms with van der Waals surface area (Å²) in [6.45, 7) is 0. The largest absolute Gasteiger partial charge is 0.399 e. The normalized spacial score (nSPS) is 10.8. The van der Waals surface area contributed by atoms with Crippen LogP contribution in [0.5, 0.6) is 0 Å². The van der Waals surface area contributed by atoms with Gasteiger partial charge < -0.3 is 5.73 Å². The first-order valence-corrected chi connectivity index (χ1v) is 7.02. The summed E-state index contributed by atoms with van der Waals surface area (Å²) in [7, 11) is 0. The van der Waals surface area contributed by atoms with Crippen molar-refractivity contribution in [2.75, 3.05) is 5.73 Å². The maximum absolute atomic E-state index is 13.6. The summed E-state index contributed by atoms with van der Waals surface area (Å²) in [6.07, 6.45) is 0. The second kappa shape index (κ2) is 5.42. The van der Waals surface area contributed by atoms with E-state index in [9.17, 15) is 4.39 Å². The lowest BCUT2D eigenvalue weighted by molar-refractivity contribution is 0.625. The van der Waals surface area contributed by atoms with Crippen molar-refractivity contribution in [2.45, 2.75) is 0 Å². The molecule has 1 heterocycles. The van der Waals surface area contributed by atoms with Crippen LogP contribution >= 0.6 is 27.5 Å². The Morgan fingerprint density at radius 2 is 2.00 bits per heavy atom. The van der Waals surface area contributed by atoms with Crippen molar-refractivity contribution in [3.8, 4) is 17.1 Å². The first kappa shape index (κ1) is 14.0. The van der Waals surface area contributed by atoms with Crippen molar-refractivity contribution in [1.29, 1.82) is 0 Å². The molecule has 0 saturated carbocycles. The summed E-state index contributed by atoms with van der Waals surface area (Å²) in [4.78, 5) is 0. The lowest BCUT2D eigenvalue weighted by Gasteiger charge is -2.06. The lowest BCUT2D eigenvalue weighted by Crippen LogP contribution is -2.01. The molecule has 0 spiro atoms. The summed E-state index contributed by atoms with van der Waals surface area (Å²) < 4.78 is 15.8. The smallest absolute Gasteiger partial charge is 0.187 e. The molecule has 106 valence electrons. The molecule has 1 aromatic heterocycles. The zero-order chi connectivity index (χ0) is 15.0. The van der Waals surface area contributed by atoms with Crippen LogP contribution in [0.25, 0.3) is 17.1 Å². The molecule has 0 unspecified atom stereocenters. The number of hydrogen-bond donors (Lipinski definition) is 1. The Bertz CT molecular complexity index is 800. The molecule has 0 aliphatic carbocycles. The van der Waals surface area contributed by atoms with Crippen LogP contribution in [0.3, 0.4) is 0 Å². The molecule has 0 bridgehead atoms. The Balaban J connectivity index is 2.14. The van der Waals surface area contributed by atoms with Gasteiger partial charge in [0, 0.05) is 21.8 Å². The Morgan fingerprint density at radius 1 is 1.19 bits per heavy atom. The molecular formula is C13H8BrClFN5. The van der Waals surface area contributed by atoms with E-state index < -0.39 is 5.82 Å². The van der Waals surface area contributed by atoms with Gasteiger partial charge in [-0.15, -0.1) is 5.10 Å². The number of anilines is 1. The molecule has 3 aromatic rings. The van der Waals surface area contributed by atoms with Crippen molar-refractivity contribution in [3.63, 3.8) is 0 Å². The predicted molar refractivity (Wildman–Crippen MR) is 81.7 cm³/mol. The molecule has 2 N–H and O–H groups in total. The summed E-state index contributed by atoms with van der Waals surface area (Å²) in [5, 5.41) is 11.5. The molecule has 21 heavy (non-hydrogen) atoms. The van der Waals surface area contributed by atoms with Crippen LogP contribution in [0.15, 0.2) is 40.9 Å². The molecular weight excluding hydrogens is 361 g/mol. The summed E-state index contributed by atoms with van der Waals surface area (Å²) in [5.41, 5.74) is 7.56. The van der Waals surface area contributed by atoms with E-state index >= 15 is 0 Å². The molecule has 0 radical (unpaired) electrons. The van der Waals surface area contributed by atoms with Gasteiger partial charge in [-0.25, -0.2) is 4.39 Å². The fourth-order valence-corrected chi connectivity index (χ4v) is 2.53. The van der Waals surface area contributed by atoms with E-state index in [4.69, 9.17) is 17.3 Å². The van der Waals surface area contributed by atoms with Gasteiger partial charge in [0.2, 0.25) is 0 Å². The van der Waals surface area contributed by atoms with Gasteiger partial charge in [-0.05, 0) is 40.8 Å². The zero-order valence-corrected chi connectivity index (χ0v) is 12.8. The molecule has 0 aliphatic rings. The van der Waals surface area contributed by atoms with E-state index in [0.717, 1.165) is 4.47 Å². The number of benzene rings is 2. The fourth-order valence-electron chi connectivity index (χ4n) is 1.90. The standard InChI is InChI=1S/C13H8BrClFN5/c14-8-3-7(4-9(17)5-8)13-18-19-20-21(13)10-1-2-11(15)12(16)6-10/h1-6H,17H2. The maximum atomic E-state index is 13.6. The van der Waals surface area contributed by atoms with Crippen LogP contribution in [0.2, 0.25) is 5.02 Å². The van der Waals surface area contributed by atoms with Crippen molar-refractivity contribution in [2.24, 2.45) is 0 Å². The highest BCUT2D eigenvalue weighted by Crippen LogP contribution is 2.26. The lowest BCUT2D eigenvalue weighted by atomic mass is 10.2. The minimum absolute atomic E-state index is 0.0417. The Hall–Kier alpha value is -1.99. The van der Waals surface area contributed by atoms with Crippen molar-refractivity contribution in [3.05, 3.63) is 51.7 Å². The molecule has 0 atom stereocenters. The Morgan fingerprint density at radius 3 is 2.71 bits per heavy atom. The summed E-state index contributed by atoms with van der Waals surface area (Å²) in [6, 6.07) is 9.67. The van der Waals surface area contributed by atoms with Gasteiger partial charge in [-0.1, -0.05) is 27.5 Å². The number of rotatable bonds is 2. The van der Waals surface area contributed by atoms with E-state index in [1.54, 1.807) is 18.2 Å². The van der Waals surface area contributed by atoms with Gasteiger partial charge in [-0.3, -0.25) is 0 Å². The highest BCUT2D eigenvalue weighted by atomic mass is 79.9. The van der Waals surface area contributed by atoms with Crippen LogP contribution in [0.1, 0.15) is 0 Å². The Labute approximate surface area is 132 Å². The molecule has 8 heteroatoms. The molecule has 0 saturated heterocycles. The van der Waals surface area contributed by atoms with Crippen LogP contribution in [0, 0.1) is 5.82 Å². The van der Waals surface area contributed by atoms with Crippen LogP contribution in [-0.2, 0) is 0 Å². The monoisotopic (exact) mass is 367 g/mol. The second-order valence-electron chi connectivity index (χ2n) is 4.29. The third-order valence-corrected chi connectivity index (χ3v) is 3.56. The molecule has 0 fully saturated rings. The number of aromatic nitrogens is 4. The van der Waals surface area contributed by atoms with Gasteiger partial charge in [0.05, 0.1) is 10.7 Å². The Kier molecular flexibility index (Phi) is 3.60. The topological polar surface area (TPSA) is 69.6 Å². The second-order valence-corrected chi connectivity index (χ2v) is 5.61. The van der Waals surface area contributed by atoms with Gasteiger partial charge in [0.1, 0.15) is 5.82 Å². The third kappa shape index (κ3) is 2.74. The van der Waals surface area contributed by atoms with E-state index in [0.29, 0.717) is 22.8 Å². The fraction of sp³-hybridized carbons (Fsp3) is 0. The predicted octanol–water partition coefficient (Wildman–Crippen LogP) is 3.47. The molecule has 2 aromatic carbocycles. The summed E-state index contributed by atoms with van der Waals surface area (Å²) >= 11 is 9.05. The van der Waals surface area contributed by atoms with Crippen LogP contribution in [0.4, 0.5) is 10.1 Å². The van der Waals surface area contributed by atoms with E-state index in [-0.39, 0.29) is 5.02 Å². The number of hydrogen-bond acceptors (Lipinski definition) is 4. The first-order chi connectivity index (χ1) is 10.0. The van der Waals surface area contributed by atoms with Crippen molar-refractivity contribution in [1.82, 2.24) is 20.2 Å². The van der Waals surface area contributed by atoms with E-state index in [1.807, 2.05) is 6.07 Å². The van der Waals surface area contributed by atoms with E-state index in [1.165, 1.54) is 16.8 Å². The molecule has 0 aliphatic heterocycles. The number of nitrogens with zero attached hydrogens (tertiary/aromatic N) is 4. The van der Waals surface area contributed by atoms with Crippen molar-refractivity contribution >= 4 is 33.2 Å².